The smallest absolute Gasteiger partial charge is 0.158 e. The van der Waals surface area contributed by atoms with Crippen molar-refractivity contribution in [2.75, 3.05) is 25.0 Å². The second-order valence-corrected chi connectivity index (χ2v) is 4.81. The summed E-state index contributed by atoms with van der Waals surface area (Å²) >= 11 is 0. The van der Waals surface area contributed by atoms with Crippen molar-refractivity contribution in [2.45, 2.75) is 32.2 Å². The zero-order valence-electron chi connectivity index (χ0n) is 10.8. The minimum absolute atomic E-state index is 0.338. The number of rotatable bonds is 4. The van der Waals surface area contributed by atoms with E-state index < -0.39 is 0 Å². The van der Waals surface area contributed by atoms with Crippen LogP contribution in [0.15, 0.2) is 12.4 Å². The number of aromatic nitrogens is 2. The monoisotopic (exact) mass is 245 g/mol. The lowest BCUT2D eigenvalue weighted by Gasteiger charge is -2.29. The lowest BCUT2D eigenvalue weighted by Crippen LogP contribution is -2.38. The van der Waals surface area contributed by atoms with Crippen LogP contribution in [0.2, 0.25) is 0 Å². The van der Waals surface area contributed by atoms with Crippen LogP contribution in [0.1, 0.15) is 31.9 Å². The SMILES string of the molecule is CC(CN1CCCCC1)Nc1cnc(C#N)cn1. The van der Waals surface area contributed by atoms with E-state index in [0.29, 0.717) is 11.7 Å². The van der Waals surface area contributed by atoms with Crippen LogP contribution < -0.4 is 5.32 Å². The summed E-state index contributed by atoms with van der Waals surface area (Å²) in [4.78, 5) is 10.6. The molecule has 0 spiro atoms. The van der Waals surface area contributed by atoms with Gasteiger partial charge in [-0.15, -0.1) is 0 Å². The molecule has 0 aliphatic carbocycles. The maximum absolute atomic E-state index is 8.65. The van der Waals surface area contributed by atoms with Crippen LogP contribution in [-0.2, 0) is 0 Å². The summed E-state index contributed by atoms with van der Waals surface area (Å²) in [7, 11) is 0. The van der Waals surface area contributed by atoms with E-state index in [2.05, 4.69) is 27.1 Å². The molecule has 1 unspecified atom stereocenters. The Morgan fingerprint density at radius 3 is 2.72 bits per heavy atom. The summed E-state index contributed by atoms with van der Waals surface area (Å²) in [6.07, 6.45) is 7.09. The molecule has 5 heteroatoms. The highest BCUT2D eigenvalue weighted by Crippen LogP contribution is 2.10. The molecule has 0 aromatic carbocycles. The number of nitrogens with zero attached hydrogens (tertiary/aromatic N) is 4. The van der Waals surface area contributed by atoms with Gasteiger partial charge < -0.3 is 10.2 Å². The Hall–Kier alpha value is -1.67. The molecule has 0 bridgehead atoms. The molecule has 1 atom stereocenters. The third-order valence-electron chi connectivity index (χ3n) is 3.14. The normalized spacial score (nSPS) is 18.0. The lowest BCUT2D eigenvalue weighted by atomic mass is 10.1. The van der Waals surface area contributed by atoms with Crippen molar-refractivity contribution in [2.24, 2.45) is 0 Å². The molecule has 1 aromatic rings. The summed E-state index contributed by atoms with van der Waals surface area (Å²) in [6, 6.07) is 2.30. The average molecular weight is 245 g/mol. The van der Waals surface area contributed by atoms with Crippen LogP contribution in [0, 0.1) is 11.3 Å². The average Bonchev–Trinajstić information content (AvgIpc) is 2.40. The van der Waals surface area contributed by atoms with Gasteiger partial charge in [0, 0.05) is 12.6 Å². The maximum Gasteiger partial charge on any atom is 0.158 e. The Morgan fingerprint density at radius 2 is 2.11 bits per heavy atom. The van der Waals surface area contributed by atoms with E-state index in [4.69, 9.17) is 5.26 Å². The van der Waals surface area contributed by atoms with Crippen LogP contribution in [0.25, 0.3) is 0 Å². The van der Waals surface area contributed by atoms with E-state index in [1.807, 2.05) is 6.07 Å². The molecule has 18 heavy (non-hydrogen) atoms. The molecular formula is C13H19N5. The number of hydrogen-bond acceptors (Lipinski definition) is 5. The van der Waals surface area contributed by atoms with Gasteiger partial charge in [-0.2, -0.15) is 5.26 Å². The maximum atomic E-state index is 8.65. The summed E-state index contributed by atoms with van der Waals surface area (Å²) in [6.45, 7) is 5.58. The first-order valence-electron chi connectivity index (χ1n) is 6.49. The number of anilines is 1. The van der Waals surface area contributed by atoms with Crippen LogP contribution in [0.4, 0.5) is 5.82 Å². The van der Waals surface area contributed by atoms with Crippen molar-refractivity contribution in [3.63, 3.8) is 0 Å². The van der Waals surface area contributed by atoms with Gasteiger partial charge >= 0.3 is 0 Å². The standard InChI is InChI=1S/C13H19N5/c1-11(10-18-5-3-2-4-6-18)17-13-9-15-12(7-14)8-16-13/h8-9,11H,2-6,10H2,1H3,(H,16,17). The molecule has 1 fully saturated rings. The highest BCUT2D eigenvalue weighted by molar-refractivity contribution is 5.34. The van der Waals surface area contributed by atoms with Crippen molar-refractivity contribution in [1.82, 2.24) is 14.9 Å². The lowest BCUT2D eigenvalue weighted by molar-refractivity contribution is 0.223. The summed E-state index contributed by atoms with van der Waals surface area (Å²) < 4.78 is 0. The zero-order chi connectivity index (χ0) is 12.8. The van der Waals surface area contributed by atoms with Gasteiger partial charge in [0.15, 0.2) is 5.69 Å². The van der Waals surface area contributed by atoms with Crippen LogP contribution >= 0.6 is 0 Å². The molecule has 1 N–H and O–H groups in total. The fourth-order valence-electron chi connectivity index (χ4n) is 2.29. The van der Waals surface area contributed by atoms with E-state index in [0.717, 1.165) is 12.4 Å². The highest BCUT2D eigenvalue weighted by Gasteiger charge is 2.13. The molecule has 0 amide bonds. The van der Waals surface area contributed by atoms with Gasteiger partial charge in [-0.25, -0.2) is 9.97 Å². The molecule has 2 heterocycles. The summed E-state index contributed by atoms with van der Waals surface area (Å²) in [5, 5.41) is 12.0. The van der Waals surface area contributed by atoms with Crippen molar-refractivity contribution in [1.29, 1.82) is 5.26 Å². The fraction of sp³-hybridized carbons (Fsp3) is 0.615. The van der Waals surface area contributed by atoms with Gasteiger partial charge in [0.05, 0.1) is 12.4 Å². The van der Waals surface area contributed by atoms with Gasteiger partial charge in [-0.3, -0.25) is 0 Å². The highest BCUT2D eigenvalue weighted by atomic mass is 15.2. The van der Waals surface area contributed by atoms with Crippen LogP contribution in [0.3, 0.4) is 0 Å². The molecule has 1 saturated heterocycles. The Labute approximate surface area is 108 Å². The van der Waals surface area contributed by atoms with Crippen LogP contribution in [0.5, 0.6) is 0 Å². The first kappa shape index (κ1) is 12.8. The van der Waals surface area contributed by atoms with Crippen molar-refractivity contribution >= 4 is 5.82 Å². The van der Waals surface area contributed by atoms with E-state index in [1.165, 1.54) is 38.5 Å². The van der Waals surface area contributed by atoms with E-state index in [9.17, 15) is 0 Å². The number of piperidine rings is 1. The Balaban J connectivity index is 1.82. The fourth-order valence-corrected chi connectivity index (χ4v) is 2.29. The van der Waals surface area contributed by atoms with Gasteiger partial charge in [0.25, 0.3) is 0 Å². The van der Waals surface area contributed by atoms with Crippen molar-refractivity contribution in [3.05, 3.63) is 18.1 Å². The molecule has 0 radical (unpaired) electrons. The van der Waals surface area contributed by atoms with Crippen molar-refractivity contribution < 1.29 is 0 Å². The number of likely N-dealkylation sites (tertiary alicyclic amines) is 1. The van der Waals surface area contributed by atoms with Gasteiger partial charge in [0.2, 0.25) is 0 Å². The third-order valence-corrected chi connectivity index (χ3v) is 3.14. The predicted molar refractivity (Wildman–Crippen MR) is 70.1 cm³/mol. The first-order valence-corrected chi connectivity index (χ1v) is 6.49. The molecule has 1 aliphatic heterocycles. The predicted octanol–water partition coefficient (Wildman–Crippen LogP) is 1.63. The first-order chi connectivity index (χ1) is 8.78. The van der Waals surface area contributed by atoms with Crippen LogP contribution in [-0.4, -0.2) is 40.5 Å². The minimum atomic E-state index is 0.338. The minimum Gasteiger partial charge on any atom is -0.365 e. The number of nitriles is 1. The Kier molecular flexibility index (Phi) is 4.48. The largest absolute Gasteiger partial charge is 0.365 e. The number of nitrogens with one attached hydrogen (secondary N) is 1. The van der Waals surface area contributed by atoms with Gasteiger partial charge in [-0.1, -0.05) is 6.42 Å². The van der Waals surface area contributed by atoms with Gasteiger partial charge in [0.1, 0.15) is 11.9 Å². The van der Waals surface area contributed by atoms with E-state index in [-0.39, 0.29) is 0 Å². The summed E-state index contributed by atoms with van der Waals surface area (Å²) in [5.41, 5.74) is 0.351. The molecular weight excluding hydrogens is 226 g/mol. The zero-order valence-corrected chi connectivity index (χ0v) is 10.8. The molecule has 1 aromatic heterocycles. The quantitative estimate of drug-likeness (QED) is 0.873. The van der Waals surface area contributed by atoms with Gasteiger partial charge in [-0.05, 0) is 32.9 Å². The Morgan fingerprint density at radius 1 is 1.33 bits per heavy atom. The van der Waals surface area contributed by atoms with E-state index in [1.54, 1.807) is 6.20 Å². The Bertz CT molecular complexity index is 402. The second-order valence-electron chi connectivity index (χ2n) is 4.81. The molecule has 0 saturated carbocycles. The molecule has 96 valence electrons. The molecule has 5 nitrogen and oxygen atoms in total. The number of hydrogen-bond donors (Lipinski definition) is 1. The second kappa shape index (κ2) is 6.31. The molecule has 2 rings (SSSR count). The molecule has 1 aliphatic rings. The van der Waals surface area contributed by atoms with E-state index >= 15 is 0 Å². The topological polar surface area (TPSA) is 64.8 Å². The summed E-state index contributed by atoms with van der Waals surface area (Å²) in [5.74, 6) is 0.735. The van der Waals surface area contributed by atoms with Crippen molar-refractivity contribution in [3.8, 4) is 6.07 Å². The third kappa shape index (κ3) is 3.67.